The Morgan fingerprint density at radius 2 is 1.95 bits per heavy atom. The first-order valence-corrected chi connectivity index (χ1v) is 7.13. The van der Waals surface area contributed by atoms with Gasteiger partial charge >= 0.3 is 6.09 Å². The molecule has 0 aromatic carbocycles. The molecular formula is C14H23N5O2. The molecule has 1 aliphatic rings. The maximum Gasteiger partial charge on any atom is 0.410 e. The molecule has 0 bridgehead atoms. The highest BCUT2D eigenvalue weighted by atomic mass is 16.6. The lowest BCUT2D eigenvalue weighted by molar-refractivity contribution is 0.0240. The van der Waals surface area contributed by atoms with Crippen molar-refractivity contribution in [3.05, 3.63) is 12.3 Å². The van der Waals surface area contributed by atoms with E-state index >= 15 is 0 Å². The summed E-state index contributed by atoms with van der Waals surface area (Å²) in [5.41, 5.74) is -0.456. The van der Waals surface area contributed by atoms with E-state index in [0.29, 0.717) is 19.0 Å². The standard InChI is InChI=1S/C14H23N5O2/c1-14(2,3)21-13(20)19-9-7-18(8-10-19)11-5-6-16-12(15-4)17-11/h5-6H,7-10H2,1-4H3,(H,15,16,17). The molecule has 0 saturated carbocycles. The molecular weight excluding hydrogens is 270 g/mol. The molecule has 0 aliphatic carbocycles. The van der Waals surface area contributed by atoms with Crippen LogP contribution in [0.25, 0.3) is 0 Å². The van der Waals surface area contributed by atoms with Crippen LogP contribution in [0.4, 0.5) is 16.6 Å². The SMILES string of the molecule is CNc1nccc(N2CCN(C(=O)OC(C)(C)C)CC2)n1. The molecule has 116 valence electrons. The van der Waals surface area contributed by atoms with Gasteiger partial charge in [-0.15, -0.1) is 0 Å². The molecule has 1 aromatic rings. The number of nitrogens with one attached hydrogen (secondary N) is 1. The van der Waals surface area contributed by atoms with Crippen LogP contribution in [-0.4, -0.2) is 59.8 Å². The molecule has 1 saturated heterocycles. The highest BCUT2D eigenvalue weighted by Gasteiger charge is 2.26. The summed E-state index contributed by atoms with van der Waals surface area (Å²) in [4.78, 5) is 24.4. The van der Waals surface area contributed by atoms with Crippen molar-refractivity contribution in [2.75, 3.05) is 43.4 Å². The van der Waals surface area contributed by atoms with Gasteiger partial charge in [-0.25, -0.2) is 9.78 Å². The van der Waals surface area contributed by atoms with Crippen molar-refractivity contribution < 1.29 is 9.53 Å². The number of piperazine rings is 1. The van der Waals surface area contributed by atoms with Crippen molar-refractivity contribution in [1.82, 2.24) is 14.9 Å². The second-order valence-electron chi connectivity index (χ2n) is 5.94. The van der Waals surface area contributed by atoms with E-state index in [1.807, 2.05) is 26.8 Å². The lowest BCUT2D eigenvalue weighted by Crippen LogP contribution is -2.50. The van der Waals surface area contributed by atoms with Gasteiger partial charge in [-0.2, -0.15) is 4.98 Å². The Balaban J connectivity index is 1.92. The van der Waals surface area contributed by atoms with Crippen LogP contribution >= 0.6 is 0 Å². The first-order chi connectivity index (χ1) is 9.89. The molecule has 1 N–H and O–H groups in total. The zero-order chi connectivity index (χ0) is 15.5. The highest BCUT2D eigenvalue weighted by Crippen LogP contribution is 2.16. The number of nitrogens with zero attached hydrogens (tertiary/aromatic N) is 4. The van der Waals surface area contributed by atoms with Gasteiger partial charge in [0, 0.05) is 39.4 Å². The normalized spacial score (nSPS) is 15.8. The Morgan fingerprint density at radius 1 is 1.29 bits per heavy atom. The molecule has 0 spiro atoms. The van der Waals surface area contributed by atoms with Crippen molar-refractivity contribution >= 4 is 17.9 Å². The van der Waals surface area contributed by atoms with Crippen molar-refractivity contribution in [2.24, 2.45) is 0 Å². The van der Waals surface area contributed by atoms with Gasteiger partial charge in [-0.1, -0.05) is 0 Å². The number of rotatable bonds is 2. The fraction of sp³-hybridized carbons (Fsp3) is 0.643. The van der Waals surface area contributed by atoms with Gasteiger partial charge < -0.3 is 19.9 Å². The average Bonchev–Trinajstić information content (AvgIpc) is 2.46. The molecule has 1 fully saturated rings. The summed E-state index contributed by atoms with van der Waals surface area (Å²) in [6.45, 7) is 8.37. The van der Waals surface area contributed by atoms with Gasteiger partial charge in [0.2, 0.25) is 5.95 Å². The van der Waals surface area contributed by atoms with Crippen molar-refractivity contribution in [1.29, 1.82) is 0 Å². The summed E-state index contributed by atoms with van der Waals surface area (Å²) < 4.78 is 5.39. The van der Waals surface area contributed by atoms with E-state index in [2.05, 4.69) is 20.2 Å². The largest absolute Gasteiger partial charge is 0.444 e. The molecule has 0 unspecified atom stereocenters. The molecule has 1 aliphatic heterocycles. The number of amides is 1. The molecule has 7 heteroatoms. The van der Waals surface area contributed by atoms with E-state index in [-0.39, 0.29) is 6.09 Å². The molecule has 1 amide bonds. The van der Waals surface area contributed by atoms with E-state index in [4.69, 9.17) is 4.74 Å². The number of hydrogen-bond donors (Lipinski definition) is 1. The van der Waals surface area contributed by atoms with Gasteiger partial charge in [0.15, 0.2) is 0 Å². The van der Waals surface area contributed by atoms with Crippen LogP contribution in [0.3, 0.4) is 0 Å². The molecule has 0 radical (unpaired) electrons. The van der Waals surface area contributed by atoms with E-state index in [9.17, 15) is 4.79 Å². The van der Waals surface area contributed by atoms with E-state index in [1.165, 1.54) is 0 Å². The molecule has 2 heterocycles. The monoisotopic (exact) mass is 293 g/mol. The fourth-order valence-electron chi connectivity index (χ4n) is 2.09. The number of anilines is 2. The maximum atomic E-state index is 12.0. The average molecular weight is 293 g/mol. The Morgan fingerprint density at radius 3 is 2.52 bits per heavy atom. The topological polar surface area (TPSA) is 70.6 Å². The van der Waals surface area contributed by atoms with Crippen molar-refractivity contribution in [3.8, 4) is 0 Å². The number of hydrogen-bond acceptors (Lipinski definition) is 6. The fourth-order valence-corrected chi connectivity index (χ4v) is 2.09. The summed E-state index contributed by atoms with van der Waals surface area (Å²) in [6, 6.07) is 1.88. The van der Waals surface area contributed by atoms with Gasteiger partial charge in [0.25, 0.3) is 0 Å². The minimum atomic E-state index is -0.456. The summed E-state index contributed by atoms with van der Waals surface area (Å²) in [7, 11) is 1.79. The maximum absolute atomic E-state index is 12.0. The Kier molecular flexibility index (Phi) is 4.50. The quantitative estimate of drug-likeness (QED) is 0.892. The minimum Gasteiger partial charge on any atom is -0.444 e. The second-order valence-corrected chi connectivity index (χ2v) is 5.94. The molecule has 21 heavy (non-hydrogen) atoms. The van der Waals surface area contributed by atoms with Gasteiger partial charge in [-0.05, 0) is 26.8 Å². The predicted molar refractivity (Wildman–Crippen MR) is 81.6 cm³/mol. The second kappa shape index (κ2) is 6.15. The third-order valence-electron chi connectivity index (χ3n) is 3.12. The zero-order valence-corrected chi connectivity index (χ0v) is 13.1. The van der Waals surface area contributed by atoms with Crippen LogP contribution in [0.1, 0.15) is 20.8 Å². The first-order valence-electron chi connectivity index (χ1n) is 7.13. The summed E-state index contributed by atoms with van der Waals surface area (Å²) in [5, 5.41) is 2.93. The number of ether oxygens (including phenoxy) is 1. The lowest BCUT2D eigenvalue weighted by Gasteiger charge is -2.36. The lowest BCUT2D eigenvalue weighted by atomic mass is 10.2. The van der Waals surface area contributed by atoms with Crippen molar-refractivity contribution in [2.45, 2.75) is 26.4 Å². The first kappa shape index (κ1) is 15.3. The van der Waals surface area contributed by atoms with Gasteiger partial charge in [-0.3, -0.25) is 0 Å². The van der Waals surface area contributed by atoms with E-state index < -0.39 is 5.60 Å². The van der Waals surface area contributed by atoms with Crippen molar-refractivity contribution in [3.63, 3.8) is 0 Å². The zero-order valence-electron chi connectivity index (χ0n) is 13.1. The minimum absolute atomic E-state index is 0.249. The van der Waals surface area contributed by atoms with Crippen LogP contribution in [0, 0.1) is 0 Å². The Labute approximate surface area is 125 Å². The summed E-state index contributed by atoms with van der Waals surface area (Å²) >= 11 is 0. The summed E-state index contributed by atoms with van der Waals surface area (Å²) in [5.74, 6) is 1.47. The van der Waals surface area contributed by atoms with Crippen LogP contribution in [-0.2, 0) is 4.74 Å². The van der Waals surface area contributed by atoms with E-state index in [1.54, 1.807) is 18.1 Å². The molecule has 1 aromatic heterocycles. The molecule has 7 nitrogen and oxygen atoms in total. The number of carbonyl (C=O) groups excluding carboxylic acids is 1. The third-order valence-corrected chi connectivity index (χ3v) is 3.12. The Hall–Kier alpha value is -2.05. The van der Waals surface area contributed by atoms with Gasteiger partial charge in [0.05, 0.1) is 0 Å². The third kappa shape index (κ3) is 4.21. The number of carbonyl (C=O) groups is 1. The van der Waals surface area contributed by atoms with E-state index in [0.717, 1.165) is 18.9 Å². The molecule has 0 atom stereocenters. The smallest absolute Gasteiger partial charge is 0.410 e. The van der Waals surface area contributed by atoms with Gasteiger partial charge in [0.1, 0.15) is 11.4 Å². The highest BCUT2D eigenvalue weighted by molar-refractivity contribution is 5.68. The number of aromatic nitrogens is 2. The van der Waals surface area contributed by atoms with Crippen LogP contribution in [0.15, 0.2) is 12.3 Å². The molecule has 2 rings (SSSR count). The van der Waals surface area contributed by atoms with Crippen LogP contribution < -0.4 is 10.2 Å². The van der Waals surface area contributed by atoms with Crippen LogP contribution in [0.5, 0.6) is 0 Å². The summed E-state index contributed by atoms with van der Waals surface area (Å²) in [6.07, 6.45) is 1.48. The predicted octanol–water partition coefficient (Wildman–Crippen LogP) is 1.58. The Bertz CT molecular complexity index is 492. The van der Waals surface area contributed by atoms with Crippen LogP contribution in [0.2, 0.25) is 0 Å².